The Bertz CT molecular complexity index is 1950. The molecule has 24 nitrogen and oxygen atoms in total. The maximum atomic E-state index is 10.8. The van der Waals surface area contributed by atoms with Gasteiger partial charge in [-0.25, -0.2) is 0 Å². The van der Waals surface area contributed by atoms with Gasteiger partial charge in [-0.15, -0.1) is 6.42 Å². The van der Waals surface area contributed by atoms with Gasteiger partial charge in [-0.2, -0.15) is 19.3 Å². The molecule has 0 spiro atoms. The Balaban J connectivity index is -0.000000155. The number of carbonyl (C=O) groups is 8. The van der Waals surface area contributed by atoms with E-state index in [0.717, 1.165) is 12.8 Å². The molecule has 14 atom stereocenters. The molecule has 0 saturated carbocycles. The molecular formula is C60H102O24S8Y4-10. The maximum Gasteiger partial charge on any atom is 0.303 e. The quantitative estimate of drug-likeness (QED) is 0.0184. The van der Waals surface area contributed by atoms with Gasteiger partial charge in [-0.1, -0.05) is 118 Å². The number of hydrogen-bond donors (Lipinski definition) is 8. The fraction of sp³-hybridized carbons (Fsp3) is 0.733. The van der Waals surface area contributed by atoms with Gasteiger partial charge in [-0.05, 0) is 56.7 Å². The molecule has 8 N–H and O–H groups in total. The number of aliphatic hydroxyl groups is 8. The summed E-state index contributed by atoms with van der Waals surface area (Å²) in [7, 11) is 13.7. The van der Waals surface area contributed by atoms with Crippen LogP contribution in [0.5, 0.6) is 0 Å². The van der Waals surface area contributed by atoms with Gasteiger partial charge >= 0.3 is 23.9 Å². The van der Waals surface area contributed by atoms with Gasteiger partial charge in [0.2, 0.25) is 0 Å². The molecule has 0 aromatic carbocycles. The van der Waals surface area contributed by atoms with Crippen molar-refractivity contribution in [1.82, 2.24) is 0 Å². The minimum absolute atomic E-state index is 0. The SMILES string of the molecule is C1CCSSC1.CC(=O)O[C@H]1CSSC[C@@H]1O.CC(=O)O[C@H]1CSSC[C@@H]1OC(C)=O.O=C([O-])CCCCC[C@]1(O)CSSC[C@@H]1O.[CH2-]C[C@H](O)[C@H]([CH2-])O.[CH2-]C[C@H](O)[C@H]([CH2-])OC(C)=O.[CH2-]C[C@H](O)[C@]([CH2-])(O)CCCCCC(=O)[O-].[CH2-]C[C@H](OC(C)=O)[C@H]([CH2-])OC(C)=O.[Y].[Y].[Y].[Y]. The molecule has 0 bridgehead atoms. The minimum atomic E-state index is -1.37. The third-order valence-electron chi connectivity index (χ3n) is 11.9. The maximum absolute atomic E-state index is 10.8. The van der Waals surface area contributed by atoms with Crippen LogP contribution in [0.1, 0.15) is 144 Å². The van der Waals surface area contributed by atoms with E-state index in [9.17, 15) is 74.1 Å². The summed E-state index contributed by atoms with van der Waals surface area (Å²) in [6.07, 6.45) is 1.53. The number of ether oxygens (including phenoxy) is 6. The molecule has 96 heavy (non-hydrogen) atoms. The van der Waals surface area contributed by atoms with Crippen molar-refractivity contribution >= 4 is 134 Å². The number of carboxylic acid groups (broad SMARTS) is 2. The average molecular weight is 1820 g/mol. The van der Waals surface area contributed by atoms with E-state index in [2.05, 4.69) is 60.1 Å². The first-order valence-corrected chi connectivity index (χ1v) is 39.4. The topological polar surface area (TPSA) is 400 Å². The zero-order chi connectivity index (χ0) is 71.4. The number of unbranched alkanes of at least 4 members (excludes halogenated alkanes) is 4. The molecule has 4 aliphatic rings. The second-order valence-electron chi connectivity index (χ2n) is 20.5. The number of carboxylic acids is 2. The molecule has 0 amide bonds. The fourth-order valence-corrected chi connectivity index (χ4v) is 16.5. The van der Waals surface area contributed by atoms with Gasteiger partial charge in [0.1, 0.15) is 30.0 Å². The molecule has 4 rings (SSSR count). The first-order valence-electron chi connectivity index (χ1n) is 29.4. The van der Waals surface area contributed by atoms with Gasteiger partial charge in [-0.3, -0.25) is 35.7 Å². The number of hydrogen-bond acceptors (Lipinski definition) is 32. The standard InChI is InChI=1S/C11H20O4.C10H18O4S2.C9H14O4.C8H12O4S2.C7H12O3.C6H10O3S2.C5H10O2.C4H8S2.4Y/c1-3-9(12)11(2,15)8-6-4-5-7-10(13)14;11-8-6-15-16-7-10(8,14)5-3-1-2-4-9(12)13;1-5-9(13-8(4)11)6(2)12-7(3)10;1-5(9)11-7-3-13-14-4-8(7)12-6(2)10;1-4-7(9)5(2)10-6(3)8;1-4(7)9-6-3-11-10-2-5(6)8;1-3-5(7)4(2)6;1-2-4-6-5-3-1;;;;/h9,12,15H,1-8H2,(H,13,14);8,11,14H,1-7H2,(H,12,13);6,9H,1-2,5H2,3-4H3;7-8H,3-4H2,1-2H3;5,7,9H,1-2,4H2,3H3;5-6,8H,2-3H2,1H3;4-7H,1-3H2;1-4H2;;;;/q-2;;-2;;-2;;-2;;;;;/p-2/t9-,11+;8-,10-;6-,9-;7-,8-;5-,7-;5-,6-;4-,5-;;;;;/m0000000...../s1. The number of aliphatic hydroxyl groups excluding tert-OH is 6. The minimum Gasteiger partial charge on any atom is -0.550 e. The van der Waals surface area contributed by atoms with Crippen LogP contribution in [-0.2, 0) is 198 Å². The van der Waals surface area contributed by atoms with Gasteiger partial charge in [0.25, 0.3) is 11.9 Å². The Hall–Kier alpha value is 2.66. The van der Waals surface area contributed by atoms with E-state index in [1.54, 1.807) is 64.8 Å². The van der Waals surface area contributed by atoms with Crippen LogP contribution >= 0.6 is 86.4 Å². The summed E-state index contributed by atoms with van der Waals surface area (Å²) in [6, 6.07) is 0. The van der Waals surface area contributed by atoms with Crippen LogP contribution in [0, 0.1) is 55.4 Å². The third-order valence-corrected chi connectivity index (χ3v) is 21.8. The predicted molar refractivity (Wildman–Crippen MR) is 366 cm³/mol. The van der Waals surface area contributed by atoms with Gasteiger partial charge < -0.3 is 138 Å². The van der Waals surface area contributed by atoms with Crippen molar-refractivity contribution in [2.24, 2.45) is 0 Å². The first kappa shape index (κ1) is 114. The van der Waals surface area contributed by atoms with Crippen molar-refractivity contribution in [3.8, 4) is 0 Å². The van der Waals surface area contributed by atoms with Crippen LogP contribution in [0.3, 0.4) is 0 Å². The molecule has 4 fully saturated rings. The second kappa shape index (κ2) is 71.9. The normalized spacial score (nSPS) is 21.7. The molecule has 0 aliphatic carbocycles. The Kier molecular flexibility index (Phi) is 85.7. The smallest absolute Gasteiger partial charge is 0.303 e. The molecular weight excluding hydrogens is 1720 g/mol. The van der Waals surface area contributed by atoms with Gasteiger partial charge in [0.15, 0.2) is 0 Å². The number of aliphatic carboxylic acids is 2. The van der Waals surface area contributed by atoms with E-state index in [1.165, 1.54) is 65.9 Å². The van der Waals surface area contributed by atoms with Crippen molar-refractivity contribution in [2.45, 2.75) is 229 Å². The molecule has 4 radical (unpaired) electrons. The molecule has 0 unspecified atom stereocenters. The Morgan fingerprint density at radius 3 is 1.24 bits per heavy atom. The van der Waals surface area contributed by atoms with Crippen LogP contribution in [0.25, 0.3) is 0 Å². The van der Waals surface area contributed by atoms with E-state index in [-0.39, 0.29) is 186 Å². The summed E-state index contributed by atoms with van der Waals surface area (Å²) in [5, 5.41) is 94.4. The summed E-state index contributed by atoms with van der Waals surface area (Å²) < 4.78 is 29.1. The summed E-state index contributed by atoms with van der Waals surface area (Å²) in [5.74, 6) is 2.13. The summed E-state index contributed by atoms with van der Waals surface area (Å²) in [6.45, 7) is 35.4. The van der Waals surface area contributed by atoms with Crippen LogP contribution < -0.4 is 10.2 Å². The van der Waals surface area contributed by atoms with Crippen LogP contribution in [0.4, 0.5) is 0 Å². The summed E-state index contributed by atoms with van der Waals surface area (Å²) in [4.78, 5) is 83.7. The van der Waals surface area contributed by atoms with Crippen molar-refractivity contribution in [1.29, 1.82) is 0 Å². The molecule has 0 aromatic heterocycles. The molecule has 556 valence electrons. The van der Waals surface area contributed by atoms with Crippen molar-refractivity contribution < 1.29 is 249 Å². The average Bonchev–Trinajstić information content (AvgIpc) is 0.864. The van der Waals surface area contributed by atoms with Gasteiger partial charge in [0, 0.05) is 261 Å². The van der Waals surface area contributed by atoms with E-state index in [4.69, 9.17) is 39.0 Å². The molecule has 0 aromatic rings. The monoisotopic (exact) mass is 1820 g/mol. The summed E-state index contributed by atoms with van der Waals surface area (Å²) in [5.41, 5.74) is -2.36. The van der Waals surface area contributed by atoms with Gasteiger partial charge in [0.05, 0.1) is 12.2 Å². The van der Waals surface area contributed by atoms with Crippen LogP contribution in [0.15, 0.2) is 0 Å². The Labute approximate surface area is 703 Å². The predicted octanol–water partition coefficient (Wildman–Crippen LogP) is 5.09. The number of esters is 6. The zero-order valence-electron chi connectivity index (χ0n) is 56.2. The van der Waals surface area contributed by atoms with Crippen molar-refractivity contribution in [2.75, 3.05) is 46.0 Å². The van der Waals surface area contributed by atoms with Crippen LogP contribution in [-0.4, -0.2) is 219 Å². The molecule has 4 heterocycles. The Morgan fingerprint density at radius 1 is 0.510 bits per heavy atom. The zero-order valence-corrected chi connectivity index (χ0v) is 74.1. The summed E-state index contributed by atoms with van der Waals surface area (Å²) >= 11 is 0. The molecule has 4 saturated heterocycles. The van der Waals surface area contributed by atoms with E-state index < -0.39 is 96.0 Å². The van der Waals surface area contributed by atoms with Crippen molar-refractivity contribution in [3.63, 3.8) is 0 Å². The Morgan fingerprint density at radius 2 is 0.906 bits per heavy atom. The molecule has 4 aliphatic heterocycles. The number of carbonyl (C=O) groups excluding carboxylic acids is 8. The van der Waals surface area contributed by atoms with E-state index in [1.807, 2.05) is 21.6 Å². The third kappa shape index (κ3) is 69.7. The first-order chi connectivity index (χ1) is 43.0. The van der Waals surface area contributed by atoms with E-state index >= 15 is 0 Å². The van der Waals surface area contributed by atoms with Crippen LogP contribution in [0.2, 0.25) is 0 Å². The largest absolute Gasteiger partial charge is 0.550 e. The van der Waals surface area contributed by atoms with E-state index in [0.29, 0.717) is 92.3 Å². The number of rotatable bonds is 26. The fourth-order valence-electron chi connectivity index (χ4n) is 6.74. The van der Waals surface area contributed by atoms with Crippen molar-refractivity contribution in [3.05, 3.63) is 55.4 Å². The molecule has 36 heteroatoms. The second-order valence-corrected chi connectivity index (χ2v) is 30.8.